The maximum absolute atomic E-state index is 12.2. The molecule has 0 amide bonds. The van der Waals surface area contributed by atoms with Crippen LogP contribution in [0.15, 0.2) is 4.99 Å². The first-order valence-corrected chi connectivity index (χ1v) is 12.5. The SMILES string of the molecule is CCCN1CCC(NC(=NCCS(=O)(=O)NCC2CCCCO2)NCC)CC1.I. The summed E-state index contributed by atoms with van der Waals surface area (Å²) in [6.07, 6.45) is 6.47. The summed E-state index contributed by atoms with van der Waals surface area (Å²) in [6, 6.07) is 0.393. The van der Waals surface area contributed by atoms with E-state index in [1.165, 1.54) is 6.42 Å². The van der Waals surface area contributed by atoms with Crippen LogP contribution < -0.4 is 15.4 Å². The van der Waals surface area contributed by atoms with Crippen LogP contribution in [-0.4, -0.2) is 83.1 Å². The first-order valence-electron chi connectivity index (χ1n) is 10.9. The molecule has 0 aromatic rings. The second-order valence-corrected chi connectivity index (χ2v) is 9.60. The van der Waals surface area contributed by atoms with Gasteiger partial charge in [0.05, 0.1) is 18.4 Å². The van der Waals surface area contributed by atoms with E-state index >= 15 is 0 Å². The molecule has 0 spiro atoms. The summed E-state index contributed by atoms with van der Waals surface area (Å²) in [5.41, 5.74) is 0. The Morgan fingerprint density at radius 1 is 1.17 bits per heavy atom. The Morgan fingerprint density at radius 2 is 1.93 bits per heavy atom. The van der Waals surface area contributed by atoms with Crippen LogP contribution in [0, 0.1) is 0 Å². The van der Waals surface area contributed by atoms with Gasteiger partial charge in [0, 0.05) is 38.8 Å². The van der Waals surface area contributed by atoms with Crippen molar-refractivity contribution in [2.24, 2.45) is 4.99 Å². The van der Waals surface area contributed by atoms with E-state index < -0.39 is 10.0 Å². The largest absolute Gasteiger partial charge is 0.377 e. The molecule has 0 aliphatic carbocycles. The predicted molar refractivity (Wildman–Crippen MR) is 130 cm³/mol. The summed E-state index contributed by atoms with van der Waals surface area (Å²) in [5.74, 6) is 0.702. The molecule has 2 rings (SSSR count). The molecule has 8 nitrogen and oxygen atoms in total. The number of aliphatic imine (C=N–C) groups is 1. The van der Waals surface area contributed by atoms with Gasteiger partial charge in [-0.2, -0.15) is 0 Å². The molecular weight excluding hydrogens is 505 g/mol. The van der Waals surface area contributed by atoms with Gasteiger partial charge in [0.2, 0.25) is 10.0 Å². The van der Waals surface area contributed by atoms with Crippen molar-refractivity contribution in [3.05, 3.63) is 0 Å². The van der Waals surface area contributed by atoms with E-state index in [1.54, 1.807) is 0 Å². The molecule has 0 aromatic heterocycles. The lowest BCUT2D eigenvalue weighted by molar-refractivity contribution is 0.0200. The van der Waals surface area contributed by atoms with Crippen molar-refractivity contribution < 1.29 is 13.2 Å². The van der Waals surface area contributed by atoms with Crippen molar-refractivity contribution in [1.29, 1.82) is 0 Å². The van der Waals surface area contributed by atoms with E-state index in [-0.39, 0.29) is 42.4 Å². The quantitative estimate of drug-likeness (QED) is 0.219. The molecular formula is C19H40IN5O3S. The molecule has 1 atom stereocenters. The summed E-state index contributed by atoms with van der Waals surface area (Å²) in [7, 11) is -3.34. The van der Waals surface area contributed by atoms with Gasteiger partial charge >= 0.3 is 0 Å². The van der Waals surface area contributed by atoms with E-state index in [9.17, 15) is 8.42 Å². The molecule has 2 aliphatic heterocycles. The number of rotatable bonds is 10. The smallest absolute Gasteiger partial charge is 0.213 e. The standard InChI is InChI=1S/C19H39N5O3S.HI/c1-3-11-24-12-8-17(9-13-24)23-19(20-4-2)21-10-15-28(25,26)22-16-18-7-5-6-14-27-18;/h17-18,22H,3-16H2,1-2H3,(H2,20,21,23);1H. The molecule has 172 valence electrons. The number of nitrogens with zero attached hydrogens (tertiary/aromatic N) is 2. The van der Waals surface area contributed by atoms with Crippen LogP contribution in [0.2, 0.25) is 0 Å². The number of guanidine groups is 1. The minimum atomic E-state index is -3.34. The van der Waals surface area contributed by atoms with Crippen LogP contribution in [0.1, 0.15) is 52.4 Å². The number of hydrogen-bond acceptors (Lipinski definition) is 5. The molecule has 1 unspecified atom stereocenters. The predicted octanol–water partition coefficient (Wildman–Crippen LogP) is 1.52. The van der Waals surface area contributed by atoms with Crippen molar-refractivity contribution in [2.75, 3.05) is 51.6 Å². The molecule has 10 heteroatoms. The maximum Gasteiger partial charge on any atom is 0.213 e. The lowest BCUT2D eigenvalue weighted by Gasteiger charge is -2.32. The monoisotopic (exact) mass is 545 g/mol. The van der Waals surface area contributed by atoms with E-state index in [1.807, 2.05) is 6.92 Å². The average Bonchev–Trinajstić information content (AvgIpc) is 2.69. The number of sulfonamides is 1. The first-order chi connectivity index (χ1) is 13.5. The molecule has 0 saturated carbocycles. The van der Waals surface area contributed by atoms with Crippen LogP contribution in [0.4, 0.5) is 0 Å². The van der Waals surface area contributed by atoms with E-state index in [0.717, 1.165) is 64.9 Å². The Labute approximate surface area is 194 Å². The average molecular weight is 546 g/mol. The van der Waals surface area contributed by atoms with Crippen molar-refractivity contribution in [1.82, 2.24) is 20.3 Å². The molecule has 2 saturated heterocycles. The highest BCUT2D eigenvalue weighted by molar-refractivity contribution is 14.0. The molecule has 3 N–H and O–H groups in total. The van der Waals surface area contributed by atoms with Crippen molar-refractivity contribution in [3.63, 3.8) is 0 Å². The highest BCUT2D eigenvalue weighted by Crippen LogP contribution is 2.12. The van der Waals surface area contributed by atoms with Gasteiger partial charge in [-0.3, -0.25) is 4.99 Å². The molecule has 2 heterocycles. The topological polar surface area (TPSA) is 95.1 Å². The summed E-state index contributed by atoms with van der Waals surface area (Å²) in [6.45, 7) is 9.69. The molecule has 2 fully saturated rings. The van der Waals surface area contributed by atoms with Crippen molar-refractivity contribution in [2.45, 2.75) is 64.5 Å². The number of ether oxygens (including phenoxy) is 1. The summed E-state index contributed by atoms with van der Waals surface area (Å²) in [4.78, 5) is 6.97. The number of nitrogens with one attached hydrogen (secondary N) is 3. The molecule has 0 bridgehead atoms. The van der Waals surface area contributed by atoms with Crippen LogP contribution in [0.25, 0.3) is 0 Å². The Bertz CT molecular complexity index is 562. The Hall–Kier alpha value is -0.170. The first kappa shape index (κ1) is 26.9. The Morgan fingerprint density at radius 3 is 2.55 bits per heavy atom. The molecule has 0 radical (unpaired) electrons. The fourth-order valence-electron chi connectivity index (χ4n) is 3.67. The van der Waals surface area contributed by atoms with Crippen LogP contribution >= 0.6 is 24.0 Å². The van der Waals surface area contributed by atoms with Gasteiger partial charge in [0.1, 0.15) is 0 Å². The van der Waals surface area contributed by atoms with E-state index in [2.05, 4.69) is 32.2 Å². The highest BCUT2D eigenvalue weighted by Gasteiger charge is 2.20. The zero-order valence-corrected chi connectivity index (χ0v) is 21.1. The van der Waals surface area contributed by atoms with E-state index in [0.29, 0.717) is 18.5 Å². The van der Waals surface area contributed by atoms with Gasteiger partial charge in [-0.05, 0) is 52.0 Å². The lowest BCUT2D eigenvalue weighted by Crippen LogP contribution is -2.49. The molecule has 29 heavy (non-hydrogen) atoms. The van der Waals surface area contributed by atoms with Gasteiger partial charge in [-0.1, -0.05) is 6.92 Å². The fourth-order valence-corrected chi connectivity index (χ4v) is 4.58. The van der Waals surface area contributed by atoms with E-state index in [4.69, 9.17) is 4.74 Å². The third-order valence-electron chi connectivity index (χ3n) is 5.25. The Kier molecular flexibility index (Phi) is 13.7. The van der Waals surface area contributed by atoms with Gasteiger partial charge in [-0.25, -0.2) is 13.1 Å². The molecule has 0 aromatic carbocycles. The second-order valence-electron chi connectivity index (χ2n) is 7.68. The highest BCUT2D eigenvalue weighted by atomic mass is 127. The number of halogens is 1. The summed E-state index contributed by atoms with van der Waals surface area (Å²) in [5, 5.41) is 6.69. The fraction of sp³-hybridized carbons (Fsp3) is 0.947. The van der Waals surface area contributed by atoms with Gasteiger partial charge < -0.3 is 20.3 Å². The maximum atomic E-state index is 12.2. The van der Waals surface area contributed by atoms with Crippen LogP contribution in [0.3, 0.4) is 0 Å². The number of hydrogen-bond donors (Lipinski definition) is 3. The number of piperidine rings is 1. The van der Waals surface area contributed by atoms with Crippen LogP contribution in [-0.2, 0) is 14.8 Å². The van der Waals surface area contributed by atoms with Crippen molar-refractivity contribution >= 4 is 40.0 Å². The normalized spacial score (nSPS) is 22.1. The zero-order valence-electron chi connectivity index (χ0n) is 18.0. The zero-order chi connectivity index (χ0) is 20.2. The Balaban J connectivity index is 0.00000420. The minimum absolute atomic E-state index is 0. The number of likely N-dealkylation sites (tertiary alicyclic amines) is 1. The second kappa shape index (κ2) is 14.8. The minimum Gasteiger partial charge on any atom is -0.377 e. The van der Waals surface area contributed by atoms with Gasteiger partial charge in [-0.15, -0.1) is 24.0 Å². The third-order valence-corrected chi connectivity index (χ3v) is 6.57. The van der Waals surface area contributed by atoms with Crippen LogP contribution in [0.5, 0.6) is 0 Å². The summed E-state index contributed by atoms with van der Waals surface area (Å²) < 4.78 is 32.7. The molecule has 2 aliphatic rings. The lowest BCUT2D eigenvalue weighted by atomic mass is 10.1. The summed E-state index contributed by atoms with van der Waals surface area (Å²) >= 11 is 0. The van der Waals surface area contributed by atoms with Gasteiger partial charge in [0.25, 0.3) is 0 Å². The third kappa shape index (κ3) is 11.1. The van der Waals surface area contributed by atoms with Crippen molar-refractivity contribution in [3.8, 4) is 0 Å². The van der Waals surface area contributed by atoms with Gasteiger partial charge in [0.15, 0.2) is 5.96 Å².